The zero-order chi connectivity index (χ0) is 10.6. The Morgan fingerprint density at radius 3 is 2.73 bits per heavy atom. The van der Waals surface area contributed by atoms with Crippen LogP contribution in [0.2, 0.25) is 0 Å². The first kappa shape index (κ1) is 13.8. The number of aliphatic hydroxyl groups excluding tert-OH is 1. The van der Waals surface area contributed by atoms with E-state index in [9.17, 15) is 10.1 Å². The zero-order valence-electron chi connectivity index (χ0n) is 8.00. The number of rotatable bonds is 4. The molecule has 0 bridgehead atoms. The molecule has 0 saturated carbocycles. The third-order valence-corrected chi connectivity index (χ3v) is 1.95. The van der Waals surface area contributed by atoms with Gasteiger partial charge in [0.2, 0.25) is 0 Å². The van der Waals surface area contributed by atoms with E-state index in [2.05, 4.69) is 0 Å². The van der Waals surface area contributed by atoms with Gasteiger partial charge in [-0.05, 0) is 12.0 Å². The summed E-state index contributed by atoms with van der Waals surface area (Å²) < 4.78 is 0. The Labute approximate surface area is 93.5 Å². The average molecular weight is 233 g/mol. The molecule has 1 unspecified atom stereocenters. The molecule has 0 radical (unpaired) electrons. The predicted molar refractivity (Wildman–Crippen MR) is 59.0 cm³/mol. The molecule has 0 amide bonds. The van der Waals surface area contributed by atoms with Crippen LogP contribution in [0.15, 0.2) is 24.3 Å². The number of nitro groups is 1. The molecule has 0 spiro atoms. The van der Waals surface area contributed by atoms with Crippen LogP contribution in [0.25, 0.3) is 0 Å². The second kappa shape index (κ2) is 6.34. The number of hydrogen-bond acceptors (Lipinski definition) is 4. The van der Waals surface area contributed by atoms with Crippen LogP contribution in [0.4, 0.5) is 5.69 Å². The smallest absolute Gasteiger partial charge is 0.269 e. The van der Waals surface area contributed by atoms with Crippen molar-refractivity contribution in [3.05, 3.63) is 39.9 Å². The summed E-state index contributed by atoms with van der Waals surface area (Å²) in [6.45, 7) is -0.0239. The molecular formula is C9H13ClN2O3. The largest absolute Gasteiger partial charge is 0.396 e. The molecule has 6 heteroatoms. The maximum Gasteiger partial charge on any atom is 0.269 e. The van der Waals surface area contributed by atoms with E-state index in [1.807, 2.05) is 0 Å². The Kier molecular flexibility index (Phi) is 5.84. The third-order valence-electron chi connectivity index (χ3n) is 1.95. The molecule has 0 aromatic heterocycles. The lowest BCUT2D eigenvalue weighted by atomic mass is 10.0. The van der Waals surface area contributed by atoms with Crippen molar-refractivity contribution in [2.45, 2.75) is 12.5 Å². The van der Waals surface area contributed by atoms with Crippen molar-refractivity contribution in [1.82, 2.24) is 0 Å². The highest BCUT2D eigenvalue weighted by molar-refractivity contribution is 5.85. The first-order chi connectivity index (χ1) is 6.65. The number of halogens is 1. The Bertz CT molecular complexity index is 333. The zero-order valence-corrected chi connectivity index (χ0v) is 8.81. The van der Waals surface area contributed by atoms with Crippen molar-refractivity contribution in [2.75, 3.05) is 6.61 Å². The standard InChI is InChI=1S/C9H12N2O3.ClH/c10-9(4-5-12)7-2-1-3-8(6-7)11(13)14;/h1-3,6,9,12H,4-5,10H2;1H. The molecule has 1 rings (SSSR count). The SMILES string of the molecule is Cl.NC(CCO)c1cccc([N+](=O)[O-])c1. The number of non-ortho nitro benzene ring substituents is 1. The lowest BCUT2D eigenvalue weighted by Crippen LogP contribution is -2.11. The topological polar surface area (TPSA) is 89.4 Å². The number of hydrogen-bond donors (Lipinski definition) is 2. The van der Waals surface area contributed by atoms with E-state index in [0.29, 0.717) is 12.0 Å². The van der Waals surface area contributed by atoms with Crippen molar-refractivity contribution < 1.29 is 10.0 Å². The van der Waals surface area contributed by atoms with Gasteiger partial charge in [0.1, 0.15) is 0 Å². The molecule has 0 fully saturated rings. The van der Waals surface area contributed by atoms with Crippen LogP contribution in [0, 0.1) is 10.1 Å². The van der Waals surface area contributed by atoms with Gasteiger partial charge in [0.05, 0.1) is 4.92 Å². The van der Waals surface area contributed by atoms with Crippen molar-refractivity contribution in [1.29, 1.82) is 0 Å². The Hall–Kier alpha value is -1.17. The third kappa shape index (κ3) is 3.83. The van der Waals surface area contributed by atoms with E-state index in [1.54, 1.807) is 12.1 Å². The monoisotopic (exact) mass is 232 g/mol. The fourth-order valence-electron chi connectivity index (χ4n) is 1.17. The van der Waals surface area contributed by atoms with Gasteiger partial charge in [0.15, 0.2) is 0 Å². The molecular weight excluding hydrogens is 220 g/mol. The van der Waals surface area contributed by atoms with Crippen LogP contribution in [0.1, 0.15) is 18.0 Å². The van der Waals surface area contributed by atoms with Crippen molar-refractivity contribution in [3.8, 4) is 0 Å². The van der Waals surface area contributed by atoms with E-state index >= 15 is 0 Å². The quantitative estimate of drug-likeness (QED) is 0.607. The molecule has 5 nitrogen and oxygen atoms in total. The van der Waals surface area contributed by atoms with Gasteiger partial charge in [0.25, 0.3) is 5.69 Å². The number of aliphatic hydroxyl groups is 1. The summed E-state index contributed by atoms with van der Waals surface area (Å²) in [5, 5.41) is 19.1. The van der Waals surface area contributed by atoms with Crippen LogP contribution < -0.4 is 5.73 Å². The summed E-state index contributed by atoms with van der Waals surface area (Å²) in [5.41, 5.74) is 6.39. The van der Waals surface area contributed by atoms with Crippen LogP contribution in [-0.4, -0.2) is 16.6 Å². The van der Waals surface area contributed by atoms with Crippen LogP contribution in [0.5, 0.6) is 0 Å². The van der Waals surface area contributed by atoms with Gasteiger partial charge in [-0.15, -0.1) is 12.4 Å². The molecule has 1 aromatic rings. The predicted octanol–water partition coefficient (Wildman–Crippen LogP) is 1.40. The van der Waals surface area contributed by atoms with Gasteiger partial charge in [-0.1, -0.05) is 12.1 Å². The van der Waals surface area contributed by atoms with Gasteiger partial charge in [-0.2, -0.15) is 0 Å². The van der Waals surface area contributed by atoms with Crippen LogP contribution >= 0.6 is 12.4 Å². The fraction of sp³-hybridized carbons (Fsp3) is 0.333. The summed E-state index contributed by atoms with van der Waals surface area (Å²) >= 11 is 0. The highest BCUT2D eigenvalue weighted by atomic mass is 35.5. The first-order valence-corrected chi connectivity index (χ1v) is 4.26. The van der Waals surface area contributed by atoms with E-state index < -0.39 is 4.92 Å². The highest BCUT2D eigenvalue weighted by Crippen LogP contribution is 2.19. The average Bonchev–Trinajstić information content (AvgIpc) is 2.18. The minimum Gasteiger partial charge on any atom is -0.396 e. The fourth-order valence-corrected chi connectivity index (χ4v) is 1.17. The van der Waals surface area contributed by atoms with Gasteiger partial charge < -0.3 is 10.8 Å². The lowest BCUT2D eigenvalue weighted by Gasteiger charge is -2.09. The van der Waals surface area contributed by atoms with Gasteiger partial charge >= 0.3 is 0 Å². The van der Waals surface area contributed by atoms with E-state index in [-0.39, 0.29) is 30.7 Å². The summed E-state index contributed by atoms with van der Waals surface area (Å²) in [7, 11) is 0. The molecule has 1 aromatic carbocycles. The summed E-state index contributed by atoms with van der Waals surface area (Å²) in [6, 6.07) is 5.80. The molecule has 15 heavy (non-hydrogen) atoms. The van der Waals surface area contributed by atoms with Crippen molar-refractivity contribution in [2.24, 2.45) is 5.73 Å². The number of benzene rings is 1. The highest BCUT2D eigenvalue weighted by Gasteiger charge is 2.10. The van der Waals surface area contributed by atoms with Gasteiger partial charge in [0, 0.05) is 24.8 Å². The van der Waals surface area contributed by atoms with Gasteiger partial charge in [-0.3, -0.25) is 10.1 Å². The summed E-state index contributed by atoms with van der Waals surface area (Å²) in [4.78, 5) is 9.99. The van der Waals surface area contributed by atoms with E-state index in [4.69, 9.17) is 10.8 Å². The summed E-state index contributed by atoms with van der Waals surface area (Å²) in [5.74, 6) is 0. The van der Waals surface area contributed by atoms with Crippen LogP contribution in [0.3, 0.4) is 0 Å². The second-order valence-electron chi connectivity index (χ2n) is 2.97. The molecule has 3 N–H and O–H groups in total. The van der Waals surface area contributed by atoms with E-state index in [1.165, 1.54) is 12.1 Å². The van der Waals surface area contributed by atoms with Gasteiger partial charge in [-0.25, -0.2) is 0 Å². The Balaban J connectivity index is 0.00000196. The number of nitrogens with zero attached hydrogens (tertiary/aromatic N) is 1. The molecule has 0 saturated heterocycles. The molecule has 0 heterocycles. The maximum atomic E-state index is 10.4. The molecule has 1 atom stereocenters. The van der Waals surface area contributed by atoms with Crippen molar-refractivity contribution in [3.63, 3.8) is 0 Å². The Morgan fingerprint density at radius 2 is 2.20 bits per heavy atom. The maximum absolute atomic E-state index is 10.4. The number of nitrogens with two attached hydrogens (primary N) is 1. The van der Waals surface area contributed by atoms with E-state index in [0.717, 1.165) is 0 Å². The van der Waals surface area contributed by atoms with Crippen molar-refractivity contribution >= 4 is 18.1 Å². The second-order valence-corrected chi connectivity index (χ2v) is 2.97. The number of nitro benzene ring substituents is 1. The molecule has 0 aliphatic rings. The first-order valence-electron chi connectivity index (χ1n) is 4.26. The summed E-state index contributed by atoms with van der Waals surface area (Å²) in [6.07, 6.45) is 0.404. The minimum absolute atomic E-state index is 0. The normalized spacial score (nSPS) is 11.6. The molecule has 84 valence electrons. The molecule has 0 aliphatic carbocycles. The Morgan fingerprint density at radius 1 is 1.53 bits per heavy atom. The lowest BCUT2D eigenvalue weighted by molar-refractivity contribution is -0.384. The minimum atomic E-state index is -0.463. The molecule has 0 aliphatic heterocycles. The van der Waals surface area contributed by atoms with Crippen LogP contribution in [-0.2, 0) is 0 Å².